The molecule has 4 nitrogen and oxygen atoms in total. The molecule has 1 aromatic carbocycles. The predicted molar refractivity (Wildman–Crippen MR) is 64.1 cm³/mol. The number of hydrogen-bond donors (Lipinski definition) is 1. The van der Waals surface area contributed by atoms with Gasteiger partial charge in [0.15, 0.2) is 0 Å². The second-order valence-electron chi connectivity index (χ2n) is 3.98. The Morgan fingerprint density at radius 3 is 2.65 bits per heavy atom. The van der Waals surface area contributed by atoms with Gasteiger partial charge in [0.05, 0.1) is 6.07 Å². The molecular weight excluding hydrogens is 216 g/mol. The number of carbonyl (C=O) groups excluding carboxylic acids is 1. The predicted octanol–water partition coefficient (Wildman–Crippen LogP) is 2.61. The van der Waals surface area contributed by atoms with Gasteiger partial charge in [-0.3, -0.25) is 0 Å². The van der Waals surface area contributed by atoms with E-state index < -0.39 is 11.6 Å². The first kappa shape index (κ1) is 13.0. The lowest BCUT2D eigenvalue weighted by Gasteiger charge is -2.20. The third kappa shape index (κ3) is 4.15. The van der Waals surface area contributed by atoms with Crippen LogP contribution in [0.5, 0.6) is 0 Å². The third-order valence-electron chi connectivity index (χ3n) is 2.54. The molecule has 0 spiro atoms. The van der Waals surface area contributed by atoms with Crippen LogP contribution in [0.1, 0.15) is 25.8 Å². The molecule has 0 unspecified atom stereocenters. The van der Waals surface area contributed by atoms with Gasteiger partial charge in [0.1, 0.15) is 12.1 Å². The molecule has 0 aliphatic carbocycles. The fraction of sp³-hybridized carbons (Fsp3) is 0.385. The van der Waals surface area contributed by atoms with Gasteiger partial charge in [0, 0.05) is 0 Å². The Morgan fingerprint density at radius 1 is 1.47 bits per heavy atom. The minimum absolute atomic E-state index is 0.206. The van der Waals surface area contributed by atoms with Crippen LogP contribution in [0.15, 0.2) is 30.3 Å². The highest BCUT2D eigenvalue weighted by Gasteiger charge is 2.24. The summed E-state index contributed by atoms with van der Waals surface area (Å²) in [5.41, 5.74) is 0.0473. The van der Waals surface area contributed by atoms with Gasteiger partial charge in [-0.1, -0.05) is 37.3 Å². The van der Waals surface area contributed by atoms with E-state index in [9.17, 15) is 4.79 Å². The molecule has 1 aromatic rings. The highest BCUT2D eigenvalue weighted by atomic mass is 16.5. The van der Waals surface area contributed by atoms with Crippen LogP contribution in [0.25, 0.3) is 0 Å². The normalized spacial score (nSPS) is 13.2. The minimum atomic E-state index is -0.867. The monoisotopic (exact) mass is 232 g/mol. The van der Waals surface area contributed by atoms with Crippen molar-refractivity contribution < 1.29 is 9.53 Å². The van der Waals surface area contributed by atoms with Crippen molar-refractivity contribution in [2.45, 2.75) is 32.4 Å². The van der Waals surface area contributed by atoms with E-state index in [1.807, 2.05) is 43.3 Å². The Kier molecular flexibility index (Phi) is 4.53. The zero-order valence-electron chi connectivity index (χ0n) is 10.1. The number of nitrogens with one attached hydrogen (secondary N) is 1. The summed E-state index contributed by atoms with van der Waals surface area (Å²) < 4.78 is 5.03. The maximum Gasteiger partial charge on any atom is 0.408 e. The molecule has 0 aliphatic heterocycles. The lowest BCUT2D eigenvalue weighted by Crippen LogP contribution is -2.44. The van der Waals surface area contributed by atoms with E-state index in [0.29, 0.717) is 6.42 Å². The zero-order valence-corrected chi connectivity index (χ0v) is 10.1. The molecule has 0 saturated heterocycles. The average molecular weight is 232 g/mol. The molecule has 0 saturated carbocycles. The molecule has 1 atom stereocenters. The SMILES string of the molecule is CC[C@@](C)(C#N)NC(=O)OCc1ccccc1. The van der Waals surface area contributed by atoms with Crippen molar-refractivity contribution in [3.63, 3.8) is 0 Å². The molecule has 0 radical (unpaired) electrons. The Bertz CT molecular complexity index is 411. The van der Waals surface area contributed by atoms with Gasteiger partial charge in [-0.05, 0) is 18.9 Å². The van der Waals surface area contributed by atoms with Gasteiger partial charge >= 0.3 is 6.09 Å². The lowest BCUT2D eigenvalue weighted by atomic mass is 10.0. The summed E-state index contributed by atoms with van der Waals surface area (Å²) in [5.74, 6) is 0. The number of hydrogen-bond acceptors (Lipinski definition) is 3. The van der Waals surface area contributed by atoms with Crippen LogP contribution in [-0.2, 0) is 11.3 Å². The minimum Gasteiger partial charge on any atom is -0.445 e. The van der Waals surface area contributed by atoms with Crippen molar-refractivity contribution in [3.8, 4) is 6.07 Å². The molecule has 17 heavy (non-hydrogen) atoms. The van der Waals surface area contributed by atoms with Gasteiger partial charge in [-0.2, -0.15) is 5.26 Å². The first-order valence-corrected chi connectivity index (χ1v) is 5.50. The highest BCUT2D eigenvalue weighted by Crippen LogP contribution is 2.08. The van der Waals surface area contributed by atoms with E-state index in [0.717, 1.165) is 5.56 Å². The second-order valence-corrected chi connectivity index (χ2v) is 3.98. The molecule has 0 aliphatic rings. The molecule has 0 aromatic heterocycles. The highest BCUT2D eigenvalue weighted by molar-refractivity contribution is 5.68. The first-order valence-electron chi connectivity index (χ1n) is 5.50. The van der Waals surface area contributed by atoms with Crippen molar-refractivity contribution in [1.29, 1.82) is 5.26 Å². The molecule has 0 fully saturated rings. The fourth-order valence-electron chi connectivity index (χ4n) is 1.18. The average Bonchev–Trinajstić information content (AvgIpc) is 2.37. The van der Waals surface area contributed by atoms with Crippen molar-refractivity contribution in [2.75, 3.05) is 0 Å². The molecule has 90 valence electrons. The van der Waals surface area contributed by atoms with Crippen LogP contribution in [0.2, 0.25) is 0 Å². The molecule has 4 heteroatoms. The lowest BCUT2D eigenvalue weighted by molar-refractivity contribution is 0.132. The first-order chi connectivity index (χ1) is 8.09. The molecule has 1 amide bonds. The zero-order chi connectivity index (χ0) is 12.7. The maximum atomic E-state index is 11.5. The van der Waals surface area contributed by atoms with E-state index in [1.165, 1.54) is 0 Å². The largest absolute Gasteiger partial charge is 0.445 e. The fourth-order valence-corrected chi connectivity index (χ4v) is 1.18. The Hall–Kier alpha value is -2.02. The van der Waals surface area contributed by atoms with Crippen molar-refractivity contribution in [3.05, 3.63) is 35.9 Å². The number of amides is 1. The van der Waals surface area contributed by atoms with E-state index in [-0.39, 0.29) is 6.61 Å². The van der Waals surface area contributed by atoms with Crippen molar-refractivity contribution >= 4 is 6.09 Å². The van der Waals surface area contributed by atoms with Crippen LogP contribution in [0.3, 0.4) is 0 Å². The number of nitrogens with zero attached hydrogens (tertiary/aromatic N) is 1. The van der Waals surface area contributed by atoms with E-state index in [4.69, 9.17) is 10.00 Å². The molecule has 0 bridgehead atoms. The van der Waals surface area contributed by atoms with Gasteiger partial charge in [-0.15, -0.1) is 0 Å². The number of rotatable bonds is 4. The summed E-state index contributed by atoms with van der Waals surface area (Å²) in [5, 5.41) is 11.4. The van der Waals surface area contributed by atoms with Gasteiger partial charge in [-0.25, -0.2) is 4.79 Å². The summed E-state index contributed by atoms with van der Waals surface area (Å²) in [6.07, 6.45) is -0.0380. The van der Waals surface area contributed by atoms with Crippen LogP contribution in [0.4, 0.5) is 4.79 Å². The summed E-state index contributed by atoms with van der Waals surface area (Å²) in [6.45, 7) is 3.70. The summed E-state index contributed by atoms with van der Waals surface area (Å²) in [6, 6.07) is 11.4. The van der Waals surface area contributed by atoms with E-state index in [2.05, 4.69) is 5.32 Å². The van der Waals surface area contributed by atoms with Crippen LogP contribution >= 0.6 is 0 Å². The number of ether oxygens (including phenoxy) is 1. The molecule has 0 heterocycles. The van der Waals surface area contributed by atoms with Crippen LogP contribution in [0, 0.1) is 11.3 Å². The van der Waals surface area contributed by atoms with Crippen LogP contribution < -0.4 is 5.32 Å². The second kappa shape index (κ2) is 5.90. The number of nitriles is 1. The van der Waals surface area contributed by atoms with Gasteiger partial charge in [0.2, 0.25) is 0 Å². The molecule has 1 N–H and O–H groups in total. The smallest absolute Gasteiger partial charge is 0.408 e. The summed E-state index contributed by atoms with van der Waals surface area (Å²) in [4.78, 5) is 11.5. The quantitative estimate of drug-likeness (QED) is 0.867. The van der Waals surface area contributed by atoms with Gasteiger partial charge < -0.3 is 10.1 Å². The number of benzene rings is 1. The summed E-state index contributed by atoms with van der Waals surface area (Å²) >= 11 is 0. The topological polar surface area (TPSA) is 62.1 Å². The van der Waals surface area contributed by atoms with Crippen molar-refractivity contribution in [2.24, 2.45) is 0 Å². The Labute approximate surface area is 101 Å². The van der Waals surface area contributed by atoms with Crippen molar-refractivity contribution in [1.82, 2.24) is 5.32 Å². The molecule has 1 rings (SSSR count). The number of alkyl carbamates (subject to hydrolysis) is 1. The molecular formula is C13H16N2O2. The Balaban J connectivity index is 2.44. The van der Waals surface area contributed by atoms with E-state index >= 15 is 0 Å². The maximum absolute atomic E-state index is 11.5. The Morgan fingerprint density at radius 2 is 2.12 bits per heavy atom. The number of carbonyl (C=O) groups is 1. The van der Waals surface area contributed by atoms with Crippen LogP contribution in [-0.4, -0.2) is 11.6 Å². The standard InChI is InChI=1S/C13H16N2O2/c1-3-13(2,10-14)15-12(16)17-9-11-7-5-4-6-8-11/h4-8H,3,9H2,1-2H3,(H,15,16)/t13-/m0/s1. The van der Waals surface area contributed by atoms with E-state index in [1.54, 1.807) is 6.92 Å². The van der Waals surface area contributed by atoms with Gasteiger partial charge in [0.25, 0.3) is 0 Å². The summed E-state index contributed by atoms with van der Waals surface area (Å²) in [7, 11) is 0. The third-order valence-corrected chi connectivity index (χ3v) is 2.54.